The van der Waals surface area contributed by atoms with E-state index in [1.807, 2.05) is 12.1 Å². The van der Waals surface area contributed by atoms with Crippen LogP contribution in [0.5, 0.6) is 0 Å². The van der Waals surface area contributed by atoms with Crippen LogP contribution in [0, 0.1) is 0 Å². The highest BCUT2D eigenvalue weighted by molar-refractivity contribution is 6.05. The highest BCUT2D eigenvalue weighted by Crippen LogP contribution is 2.33. The lowest BCUT2D eigenvalue weighted by molar-refractivity contribution is -0.139. The predicted molar refractivity (Wildman–Crippen MR) is 93.4 cm³/mol. The van der Waals surface area contributed by atoms with Crippen molar-refractivity contribution in [1.29, 1.82) is 0 Å². The van der Waals surface area contributed by atoms with Crippen molar-refractivity contribution in [2.24, 2.45) is 0 Å². The molecule has 0 amide bonds. The molecule has 8 heteroatoms. The normalized spacial score (nSPS) is 19.5. The van der Waals surface area contributed by atoms with Crippen LogP contribution in [0.1, 0.15) is 24.3 Å². The molecule has 26 heavy (non-hydrogen) atoms. The van der Waals surface area contributed by atoms with Crippen LogP contribution in [0.2, 0.25) is 0 Å². The van der Waals surface area contributed by atoms with Gasteiger partial charge in [0.1, 0.15) is 17.6 Å². The van der Waals surface area contributed by atoms with Gasteiger partial charge in [0.25, 0.3) is 5.56 Å². The number of alkyl halides is 3. The van der Waals surface area contributed by atoms with Gasteiger partial charge < -0.3 is 14.5 Å². The van der Waals surface area contributed by atoms with Gasteiger partial charge in [0.2, 0.25) is 0 Å². The molecule has 3 aromatic rings. The van der Waals surface area contributed by atoms with Crippen LogP contribution in [0.4, 0.5) is 13.2 Å². The van der Waals surface area contributed by atoms with E-state index in [1.165, 1.54) is 6.33 Å². The second kappa shape index (κ2) is 6.12. The molecule has 1 N–H and O–H groups in total. The average molecular weight is 364 g/mol. The minimum Gasteiger partial charge on any atom is -0.325 e. The van der Waals surface area contributed by atoms with Crippen molar-refractivity contribution >= 4 is 21.9 Å². The summed E-state index contributed by atoms with van der Waals surface area (Å²) in [6.07, 6.45) is -1.05. The fraction of sp³-hybridized carbons (Fsp3) is 0.444. The number of nitrogens with zero attached hydrogens (tertiary/aromatic N) is 3. The number of likely N-dealkylation sites (tertiary alicyclic amines) is 1. The number of rotatable bonds is 2. The molecule has 1 aliphatic rings. The van der Waals surface area contributed by atoms with Gasteiger partial charge in [0.05, 0.1) is 11.8 Å². The first kappa shape index (κ1) is 17.1. The summed E-state index contributed by atoms with van der Waals surface area (Å²) >= 11 is 0. The summed E-state index contributed by atoms with van der Waals surface area (Å²) in [5.41, 5.74) is 1.19. The number of aromatic amines is 1. The average Bonchev–Trinajstić information content (AvgIpc) is 2.88. The fourth-order valence-corrected chi connectivity index (χ4v) is 3.98. The zero-order chi connectivity index (χ0) is 18.5. The summed E-state index contributed by atoms with van der Waals surface area (Å²) in [4.78, 5) is 21.0. The molecule has 1 aliphatic heterocycles. The summed E-state index contributed by atoms with van der Waals surface area (Å²) in [7, 11) is 2.07. The second-order valence-electron chi connectivity index (χ2n) is 7.01. The number of benzene rings is 1. The maximum absolute atomic E-state index is 13.1. The van der Waals surface area contributed by atoms with Crippen molar-refractivity contribution in [3.8, 4) is 0 Å². The topological polar surface area (TPSA) is 53.9 Å². The molecule has 1 fully saturated rings. The largest absolute Gasteiger partial charge is 0.406 e. The molecule has 1 aromatic carbocycles. The first-order valence-electron chi connectivity index (χ1n) is 8.58. The number of H-pyrrole nitrogens is 1. The van der Waals surface area contributed by atoms with Gasteiger partial charge in [-0.15, -0.1) is 0 Å². The van der Waals surface area contributed by atoms with Crippen molar-refractivity contribution in [3.63, 3.8) is 0 Å². The number of nitrogens with one attached hydrogen (secondary N) is 1. The molecule has 2 aromatic heterocycles. The minimum absolute atomic E-state index is 0.0299. The van der Waals surface area contributed by atoms with Crippen molar-refractivity contribution in [2.75, 3.05) is 20.1 Å². The van der Waals surface area contributed by atoms with Crippen LogP contribution in [-0.4, -0.2) is 45.7 Å². The molecular weight excluding hydrogens is 345 g/mol. The van der Waals surface area contributed by atoms with Gasteiger partial charge >= 0.3 is 6.18 Å². The van der Waals surface area contributed by atoms with Crippen LogP contribution in [0.3, 0.4) is 0 Å². The third-order valence-electron chi connectivity index (χ3n) is 5.10. The van der Waals surface area contributed by atoms with Crippen molar-refractivity contribution < 1.29 is 13.2 Å². The molecule has 1 atom stereocenters. The standard InChI is InChI=1S/C18H19F3N4O/c1-24-6-2-3-12(8-24)11-4-5-14-13(7-11)15-16(17(26)23-10-22-15)25(14)9-18(19,20)21/h4-5,7,10,12H,2-3,6,8-9H2,1H3,(H,22,23,26)/t12-/m1/s1. The number of hydrogen-bond donors (Lipinski definition) is 1. The van der Waals surface area contributed by atoms with Gasteiger partial charge in [-0.2, -0.15) is 13.2 Å². The van der Waals surface area contributed by atoms with E-state index in [-0.39, 0.29) is 5.52 Å². The van der Waals surface area contributed by atoms with Crippen LogP contribution < -0.4 is 5.56 Å². The first-order chi connectivity index (χ1) is 12.3. The lowest BCUT2D eigenvalue weighted by Gasteiger charge is -2.30. The fourth-order valence-electron chi connectivity index (χ4n) is 3.98. The molecule has 0 spiro atoms. The Kier molecular flexibility index (Phi) is 4.02. The van der Waals surface area contributed by atoms with Gasteiger partial charge in [-0.25, -0.2) is 4.98 Å². The van der Waals surface area contributed by atoms with Gasteiger partial charge in [-0.3, -0.25) is 4.79 Å². The van der Waals surface area contributed by atoms with Gasteiger partial charge in [-0.1, -0.05) is 6.07 Å². The second-order valence-corrected chi connectivity index (χ2v) is 7.01. The molecule has 1 saturated heterocycles. The molecule has 0 bridgehead atoms. The van der Waals surface area contributed by atoms with E-state index in [1.54, 1.807) is 6.07 Å². The molecule has 138 valence electrons. The molecular formula is C18H19F3N4O. The van der Waals surface area contributed by atoms with Crippen LogP contribution in [-0.2, 0) is 6.54 Å². The third-order valence-corrected chi connectivity index (χ3v) is 5.10. The third kappa shape index (κ3) is 2.98. The summed E-state index contributed by atoms with van der Waals surface area (Å²) in [6, 6.07) is 5.47. The molecule has 0 saturated carbocycles. The maximum atomic E-state index is 13.1. The van der Waals surface area contributed by atoms with E-state index in [0.29, 0.717) is 22.3 Å². The van der Waals surface area contributed by atoms with Crippen LogP contribution in [0.25, 0.3) is 21.9 Å². The summed E-state index contributed by atoms with van der Waals surface area (Å²) in [6.45, 7) is 0.758. The molecule has 4 rings (SSSR count). The Labute approximate surface area is 147 Å². The Morgan fingerprint density at radius 1 is 1.35 bits per heavy atom. The Hall–Kier alpha value is -2.35. The zero-order valence-electron chi connectivity index (χ0n) is 14.3. The van der Waals surface area contributed by atoms with Crippen LogP contribution in [0.15, 0.2) is 29.3 Å². The zero-order valence-corrected chi connectivity index (χ0v) is 14.3. The first-order valence-corrected chi connectivity index (χ1v) is 8.58. The quantitative estimate of drug-likeness (QED) is 0.760. The number of hydrogen-bond acceptors (Lipinski definition) is 3. The number of piperidine rings is 1. The Balaban J connectivity index is 1.92. The highest BCUT2D eigenvalue weighted by atomic mass is 19.4. The van der Waals surface area contributed by atoms with Crippen molar-refractivity contribution in [1.82, 2.24) is 19.4 Å². The van der Waals surface area contributed by atoms with E-state index in [0.717, 1.165) is 36.1 Å². The SMILES string of the molecule is CN1CCC[C@@H](c2ccc3c(c2)c2nc[nH]c(=O)c2n3CC(F)(F)F)C1. The van der Waals surface area contributed by atoms with Gasteiger partial charge in [0.15, 0.2) is 0 Å². The summed E-state index contributed by atoms with van der Waals surface area (Å²) in [5, 5.41) is 0.598. The number of fused-ring (bicyclic) bond motifs is 3. The molecule has 5 nitrogen and oxygen atoms in total. The Morgan fingerprint density at radius 3 is 2.88 bits per heavy atom. The molecule has 0 unspecified atom stereocenters. The number of aromatic nitrogens is 3. The Bertz CT molecular complexity index is 1020. The van der Waals surface area contributed by atoms with E-state index in [2.05, 4.69) is 21.9 Å². The van der Waals surface area contributed by atoms with Crippen LogP contribution >= 0.6 is 0 Å². The smallest absolute Gasteiger partial charge is 0.325 e. The van der Waals surface area contributed by atoms with E-state index < -0.39 is 18.3 Å². The Morgan fingerprint density at radius 2 is 2.15 bits per heavy atom. The highest BCUT2D eigenvalue weighted by Gasteiger charge is 2.31. The van der Waals surface area contributed by atoms with Gasteiger partial charge in [-0.05, 0) is 50.0 Å². The lowest BCUT2D eigenvalue weighted by Crippen LogP contribution is -2.30. The maximum Gasteiger partial charge on any atom is 0.406 e. The predicted octanol–water partition coefficient (Wildman–Crippen LogP) is 3.25. The number of halogens is 3. The minimum atomic E-state index is -4.42. The lowest BCUT2D eigenvalue weighted by atomic mass is 9.90. The summed E-state index contributed by atoms with van der Waals surface area (Å²) < 4.78 is 40.2. The summed E-state index contributed by atoms with van der Waals surface area (Å²) in [5.74, 6) is 0.334. The molecule has 0 radical (unpaired) electrons. The van der Waals surface area contributed by atoms with E-state index in [4.69, 9.17) is 0 Å². The monoisotopic (exact) mass is 364 g/mol. The number of likely N-dealkylation sites (N-methyl/N-ethyl adjacent to an activating group) is 1. The molecule has 0 aliphatic carbocycles. The van der Waals surface area contributed by atoms with Crippen molar-refractivity contribution in [3.05, 3.63) is 40.4 Å². The van der Waals surface area contributed by atoms with E-state index >= 15 is 0 Å². The molecule has 3 heterocycles. The van der Waals surface area contributed by atoms with Crippen molar-refractivity contribution in [2.45, 2.75) is 31.5 Å². The van der Waals surface area contributed by atoms with Gasteiger partial charge in [0, 0.05) is 11.9 Å². The van der Waals surface area contributed by atoms with E-state index in [9.17, 15) is 18.0 Å².